The zero-order chi connectivity index (χ0) is 14.5. The van der Waals surface area contributed by atoms with Crippen molar-refractivity contribution in [2.24, 2.45) is 0 Å². The Hall–Kier alpha value is -2.14. The Morgan fingerprint density at radius 1 is 1.00 bits per heavy atom. The number of methoxy groups -OCH3 is 2. The fourth-order valence-corrected chi connectivity index (χ4v) is 2.90. The van der Waals surface area contributed by atoms with E-state index in [-0.39, 0.29) is 5.56 Å². The molecule has 0 heterocycles. The van der Waals surface area contributed by atoms with Gasteiger partial charge >= 0.3 is 5.97 Å². The highest BCUT2D eigenvalue weighted by Crippen LogP contribution is 2.41. The molecule has 0 unspecified atom stereocenters. The third-order valence-electron chi connectivity index (χ3n) is 2.71. The highest BCUT2D eigenvalue weighted by Gasteiger charge is 2.17. The van der Waals surface area contributed by atoms with Crippen LogP contribution < -0.4 is 9.47 Å². The summed E-state index contributed by atoms with van der Waals surface area (Å²) in [5.74, 6) is 0.238. The molecule has 20 heavy (non-hydrogen) atoms. The minimum Gasteiger partial charge on any atom is -0.496 e. The van der Waals surface area contributed by atoms with Crippen LogP contribution >= 0.6 is 11.8 Å². The van der Waals surface area contributed by atoms with E-state index in [0.717, 1.165) is 4.90 Å². The van der Waals surface area contributed by atoms with E-state index in [0.29, 0.717) is 16.4 Å². The first-order valence-corrected chi connectivity index (χ1v) is 6.70. The quantitative estimate of drug-likeness (QED) is 0.912. The van der Waals surface area contributed by atoms with Crippen molar-refractivity contribution in [3.05, 3.63) is 48.0 Å². The summed E-state index contributed by atoms with van der Waals surface area (Å²) in [5.41, 5.74) is 0.209. The van der Waals surface area contributed by atoms with Crippen LogP contribution in [0.3, 0.4) is 0 Å². The van der Waals surface area contributed by atoms with Crippen LogP contribution in [0.4, 0.5) is 0 Å². The maximum Gasteiger partial charge on any atom is 0.336 e. The summed E-state index contributed by atoms with van der Waals surface area (Å²) in [7, 11) is 3.10. The summed E-state index contributed by atoms with van der Waals surface area (Å²) in [6.07, 6.45) is 0. The maximum absolute atomic E-state index is 11.3. The number of carbonyl (C=O) groups is 1. The van der Waals surface area contributed by atoms with E-state index in [9.17, 15) is 9.90 Å². The molecule has 4 nitrogen and oxygen atoms in total. The fraction of sp³-hybridized carbons (Fsp3) is 0.133. The van der Waals surface area contributed by atoms with E-state index in [1.807, 2.05) is 24.3 Å². The topological polar surface area (TPSA) is 55.8 Å². The lowest BCUT2D eigenvalue weighted by Crippen LogP contribution is -2.00. The van der Waals surface area contributed by atoms with E-state index < -0.39 is 5.97 Å². The summed E-state index contributed by atoms with van der Waals surface area (Å²) in [4.78, 5) is 12.7. The molecule has 0 amide bonds. The smallest absolute Gasteiger partial charge is 0.336 e. The third kappa shape index (κ3) is 2.88. The molecule has 0 bridgehead atoms. The average molecular weight is 290 g/mol. The van der Waals surface area contributed by atoms with Crippen LogP contribution in [-0.2, 0) is 0 Å². The Morgan fingerprint density at radius 3 is 2.30 bits per heavy atom. The zero-order valence-corrected chi connectivity index (χ0v) is 11.9. The highest BCUT2D eigenvalue weighted by molar-refractivity contribution is 7.99. The van der Waals surface area contributed by atoms with Gasteiger partial charge in [-0.25, -0.2) is 4.79 Å². The molecule has 0 radical (unpaired) electrons. The van der Waals surface area contributed by atoms with Gasteiger partial charge < -0.3 is 14.6 Å². The molecule has 0 aliphatic rings. The third-order valence-corrected chi connectivity index (χ3v) is 3.89. The molecular weight excluding hydrogens is 276 g/mol. The van der Waals surface area contributed by atoms with Crippen molar-refractivity contribution in [1.82, 2.24) is 0 Å². The van der Waals surface area contributed by atoms with E-state index in [4.69, 9.17) is 9.47 Å². The molecule has 0 aromatic heterocycles. The summed E-state index contributed by atoms with van der Waals surface area (Å²) < 4.78 is 10.5. The standard InChI is InChI=1S/C15H14O4S/c1-18-11-7-3-4-9-13(11)20-14-10(15(16)17)6-5-8-12(14)19-2/h3-9H,1-2H3,(H,16,17). The van der Waals surface area contributed by atoms with Crippen molar-refractivity contribution >= 4 is 17.7 Å². The second-order valence-corrected chi connectivity index (χ2v) is 4.95. The molecule has 0 fully saturated rings. The van der Waals surface area contributed by atoms with E-state index in [2.05, 4.69) is 0 Å². The molecule has 0 atom stereocenters. The Bertz CT molecular complexity index is 625. The number of aromatic carboxylic acids is 1. The van der Waals surface area contributed by atoms with E-state index in [1.165, 1.54) is 18.9 Å². The van der Waals surface area contributed by atoms with Crippen LogP contribution in [-0.4, -0.2) is 25.3 Å². The normalized spacial score (nSPS) is 10.1. The van der Waals surface area contributed by atoms with Gasteiger partial charge in [0.15, 0.2) is 0 Å². The summed E-state index contributed by atoms with van der Waals surface area (Å²) in [6.45, 7) is 0. The average Bonchev–Trinajstić information content (AvgIpc) is 2.47. The number of para-hydroxylation sites is 1. The van der Waals surface area contributed by atoms with Gasteiger partial charge in [0, 0.05) is 0 Å². The number of carboxylic acids is 1. The van der Waals surface area contributed by atoms with Gasteiger partial charge in [0.25, 0.3) is 0 Å². The van der Waals surface area contributed by atoms with E-state index in [1.54, 1.807) is 25.3 Å². The number of hydrogen-bond acceptors (Lipinski definition) is 4. The number of rotatable bonds is 5. The Morgan fingerprint density at radius 2 is 1.65 bits per heavy atom. The Labute approximate surface area is 121 Å². The van der Waals surface area contributed by atoms with Crippen molar-refractivity contribution in [1.29, 1.82) is 0 Å². The van der Waals surface area contributed by atoms with Crippen LogP contribution in [0, 0.1) is 0 Å². The van der Waals surface area contributed by atoms with Crippen LogP contribution in [0.25, 0.3) is 0 Å². The van der Waals surface area contributed by atoms with Gasteiger partial charge in [-0.3, -0.25) is 0 Å². The lowest BCUT2D eigenvalue weighted by Gasteiger charge is -2.13. The Kier molecular flexibility index (Phi) is 4.53. The molecule has 0 spiro atoms. The molecule has 0 aliphatic heterocycles. The number of benzene rings is 2. The van der Waals surface area contributed by atoms with Gasteiger partial charge in [-0.2, -0.15) is 0 Å². The summed E-state index contributed by atoms with van der Waals surface area (Å²) in [6, 6.07) is 12.4. The van der Waals surface area contributed by atoms with Crippen LogP contribution in [0.2, 0.25) is 0 Å². The number of hydrogen-bond donors (Lipinski definition) is 1. The van der Waals surface area contributed by atoms with Crippen molar-refractivity contribution in [2.75, 3.05) is 14.2 Å². The van der Waals surface area contributed by atoms with Crippen molar-refractivity contribution < 1.29 is 19.4 Å². The minimum atomic E-state index is -0.985. The molecule has 2 aromatic rings. The highest BCUT2D eigenvalue weighted by atomic mass is 32.2. The predicted octanol–water partition coefficient (Wildman–Crippen LogP) is 3.55. The Balaban J connectivity index is 2.49. The van der Waals surface area contributed by atoms with Gasteiger partial charge in [-0.1, -0.05) is 30.0 Å². The van der Waals surface area contributed by atoms with Crippen LogP contribution in [0.1, 0.15) is 10.4 Å². The minimum absolute atomic E-state index is 0.209. The van der Waals surface area contributed by atoms with Gasteiger partial charge in [0.1, 0.15) is 11.5 Å². The second-order valence-electron chi connectivity index (χ2n) is 3.90. The maximum atomic E-state index is 11.3. The molecule has 2 rings (SSSR count). The predicted molar refractivity (Wildman–Crippen MR) is 77.1 cm³/mol. The molecule has 2 aromatic carbocycles. The summed E-state index contributed by atoms with van der Waals surface area (Å²) in [5, 5.41) is 9.29. The van der Waals surface area contributed by atoms with Gasteiger partial charge in [0.2, 0.25) is 0 Å². The first kappa shape index (κ1) is 14.3. The largest absolute Gasteiger partial charge is 0.496 e. The first-order chi connectivity index (χ1) is 9.67. The summed E-state index contributed by atoms with van der Waals surface area (Å²) >= 11 is 1.31. The number of carboxylic acid groups (broad SMARTS) is 1. The van der Waals surface area contributed by atoms with Gasteiger partial charge in [-0.05, 0) is 24.3 Å². The zero-order valence-electron chi connectivity index (χ0n) is 11.1. The van der Waals surface area contributed by atoms with Crippen LogP contribution in [0.15, 0.2) is 52.3 Å². The second kappa shape index (κ2) is 6.34. The lowest BCUT2D eigenvalue weighted by molar-refractivity contribution is 0.0692. The van der Waals surface area contributed by atoms with E-state index >= 15 is 0 Å². The molecule has 1 N–H and O–H groups in total. The van der Waals surface area contributed by atoms with Crippen molar-refractivity contribution in [2.45, 2.75) is 9.79 Å². The molecule has 0 saturated carbocycles. The monoisotopic (exact) mass is 290 g/mol. The first-order valence-electron chi connectivity index (χ1n) is 5.88. The molecular formula is C15H14O4S. The van der Waals surface area contributed by atoms with Crippen LogP contribution in [0.5, 0.6) is 11.5 Å². The molecule has 0 aliphatic carbocycles. The fourth-order valence-electron chi connectivity index (χ4n) is 1.76. The lowest BCUT2D eigenvalue weighted by atomic mass is 10.2. The van der Waals surface area contributed by atoms with Crippen molar-refractivity contribution in [3.8, 4) is 11.5 Å². The number of ether oxygens (including phenoxy) is 2. The molecule has 5 heteroatoms. The molecule has 104 valence electrons. The SMILES string of the molecule is COc1ccccc1Sc1c(OC)cccc1C(=O)O. The van der Waals surface area contributed by atoms with Gasteiger partial charge in [0.05, 0.1) is 29.6 Å². The molecule has 0 saturated heterocycles. The van der Waals surface area contributed by atoms with Crippen molar-refractivity contribution in [3.63, 3.8) is 0 Å². The van der Waals surface area contributed by atoms with Gasteiger partial charge in [-0.15, -0.1) is 0 Å².